The standard InChI is InChI=1S/C8H10BrN/c9-6-8(10)7-4-2-1-3-5-7/h1-5,8H,6,10H2/t8-/m0/s1. The van der Waals surface area contributed by atoms with E-state index in [0.717, 1.165) is 5.33 Å². The van der Waals surface area contributed by atoms with Gasteiger partial charge in [0.15, 0.2) is 0 Å². The van der Waals surface area contributed by atoms with Gasteiger partial charge in [-0.15, -0.1) is 0 Å². The summed E-state index contributed by atoms with van der Waals surface area (Å²) < 4.78 is 0. The van der Waals surface area contributed by atoms with Crippen molar-refractivity contribution in [3.05, 3.63) is 35.9 Å². The Morgan fingerprint density at radius 2 is 1.90 bits per heavy atom. The molecule has 0 unspecified atom stereocenters. The SMILES string of the molecule is N[C@@H](CBr)c1ccccc1. The third-order valence-electron chi connectivity index (χ3n) is 1.39. The molecule has 1 aromatic rings. The molecule has 0 spiro atoms. The zero-order valence-corrected chi connectivity index (χ0v) is 7.21. The molecule has 0 fully saturated rings. The molecule has 54 valence electrons. The van der Waals surface area contributed by atoms with Crippen molar-refractivity contribution in [3.8, 4) is 0 Å². The average Bonchev–Trinajstić information content (AvgIpc) is 2.05. The highest BCUT2D eigenvalue weighted by molar-refractivity contribution is 9.09. The summed E-state index contributed by atoms with van der Waals surface area (Å²) in [6.45, 7) is 0. The maximum absolute atomic E-state index is 5.75. The Hall–Kier alpha value is -0.340. The first kappa shape index (κ1) is 7.76. The first-order valence-electron chi connectivity index (χ1n) is 3.21. The first-order valence-corrected chi connectivity index (χ1v) is 4.33. The van der Waals surface area contributed by atoms with Crippen molar-refractivity contribution in [2.45, 2.75) is 6.04 Å². The van der Waals surface area contributed by atoms with Crippen molar-refractivity contribution in [2.24, 2.45) is 5.73 Å². The quantitative estimate of drug-likeness (QED) is 0.726. The van der Waals surface area contributed by atoms with Crippen molar-refractivity contribution in [1.82, 2.24) is 0 Å². The molecule has 0 aliphatic rings. The van der Waals surface area contributed by atoms with Crippen LogP contribution in [0.1, 0.15) is 11.6 Å². The molecule has 2 heteroatoms. The van der Waals surface area contributed by atoms with E-state index in [4.69, 9.17) is 5.73 Å². The van der Waals surface area contributed by atoms with E-state index in [1.165, 1.54) is 5.56 Å². The van der Waals surface area contributed by atoms with Gasteiger partial charge in [0.05, 0.1) is 0 Å². The van der Waals surface area contributed by atoms with Gasteiger partial charge in [0.1, 0.15) is 0 Å². The van der Waals surface area contributed by atoms with Gasteiger partial charge in [-0.2, -0.15) is 0 Å². The average molecular weight is 200 g/mol. The summed E-state index contributed by atoms with van der Waals surface area (Å²) in [6.07, 6.45) is 0. The molecule has 1 nitrogen and oxygen atoms in total. The van der Waals surface area contributed by atoms with E-state index in [0.29, 0.717) is 0 Å². The predicted octanol–water partition coefficient (Wildman–Crippen LogP) is 2.08. The van der Waals surface area contributed by atoms with E-state index in [-0.39, 0.29) is 6.04 Å². The van der Waals surface area contributed by atoms with Crippen LogP contribution < -0.4 is 5.73 Å². The second-order valence-corrected chi connectivity index (χ2v) is 2.82. The van der Waals surface area contributed by atoms with Crippen LogP contribution in [0.3, 0.4) is 0 Å². The second kappa shape index (κ2) is 3.74. The molecule has 1 atom stereocenters. The van der Waals surface area contributed by atoms with Crippen LogP contribution in [0.15, 0.2) is 30.3 Å². The number of benzene rings is 1. The van der Waals surface area contributed by atoms with E-state index in [1.807, 2.05) is 30.3 Å². The highest BCUT2D eigenvalue weighted by Gasteiger charge is 2.00. The Labute approximate surface area is 69.4 Å². The van der Waals surface area contributed by atoms with Crippen LogP contribution in [0.2, 0.25) is 0 Å². The van der Waals surface area contributed by atoms with Gasteiger partial charge in [0, 0.05) is 11.4 Å². The van der Waals surface area contributed by atoms with Gasteiger partial charge in [-0.05, 0) is 5.56 Å². The fraction of sp³-hybridized carbons (Fsp3) is 0.250. The third-order valence-corrected chi connectivity index (χ3v) is 2.09. The first-order chi connectivity index (χ1) is 4.84. The number of nitrogens with two attached hydrogens (primary N) is 1. The minimum absolute atomic E-state index is 0.126. The van der Waals surface area contributed by atoms with Crippen molar-refractivity contribution in [3.63, 3.8) is 0 Å². The van der Waals surface area contributed by atoms with Gasteiger partial charge in [-0.3, -0.25) is 0 Å². The van der Waals surface area contributed by atoms with Crippen LogP contribution in [0.5, 0.6) is 0 Å². The third kappa shape index (κ3) is 1.82. The summed E-state index contributed by atoms with van der Waals surface area (Å²) >= 11 is 3.33. The van der Waals surface area contributed by atoms with Crippen molar-refractivity contribution < 1.29 is 0 Å². The number of hydrogen-bond donors (Lipinski definition) is 1. The molecule has 1 rings (SSSR count). The number of rotatable bonds is 2. The number of hydrogen-bond acceptors (Lipinski definition) is 1. The van der Waals surface area contributed by atoms with E-state index in [9.17, 15) is 0 Å². The maximum atomic E-state index is 5.75. The van der Waals surface area contributed by atoms with Crippen LogP contribution in [0.25, 0.3) is 0 Å². The topological polar surface area (TPSA) is 26.0 Å². The second-order valence-electron chi connectivity index (χ2n) is 2.17. The molecule has 0 saturated heterocycles. The molecular formula is C8H10BrN. The van der Waals surface area contributed by atoms with Crippen LogP contribution in [0.4, 0.5) is 0 Å². The lowest BCUT2D eigenvalue weighted by Gasteiger charge is -2.06. The lowest BCUT2D eigenvalue weighted by Crippen LogP contribution is -2.10. The summed E-state index contributed by atoms with van der Waals surface area (Å²) in [4.78, 5) is 0. The largest absolute Gasteiger partial charge is 0.323 e. The Kier molecular flexibility index (Phi) is 2.90. The molecule has 0 amide bonds. The van der Waals surface area contributed by atoms with E-state index in [2.05, 4.69) is 15.9 Å². The maximum Gasteiger partial charge on any atom is 0.0393 e. The highest BCUT2D eigenvalue weighted by atomic mass is 79.9. The highest BCUT2D eigenvalue weighted by Crippen LogP contribution is 2.10. The van der Waals surface area contributed by atoms with Crippen LogP contribution in [0, 0.1) is 0 Å². The Bertz CT molecular complexity index is 186. The lowest BCUT2D eigenvalue weighted by molar-refractivity contribution is 0.838. The van der Waals surface area contributed by atoms with E-state index < -0.39 is 0 Å². The molecule has 0 heterocycles. The van der Waals surface area contributed by atoms with Crippen LogP contribution >= 0.6 is 15.9 Å². The lowest BCUT2D eigenvalue weighted by atomic mass is 10.1. The van der Waals surface area contributed by atoms with Gasteiger partial charge >= 0.3 is 0 Å². The summed E-state index contributed by atoms with van der Waals surface area (Å²) in [5, 5.41) is 0.816. The van der Waals surface area contributed by atoms with E-state index >= 15 is 0 Å². The molecule has 0 aliphatic carbocycles. The Morgan fingerprint density at radius 1 is 1.30 bits per heavy atom. The molecule has 0 aliphatic heterocycles. The van der Waals surface area contributed by atoms with Gasteiger partial charge in [-0.25, -0.2) is 0 Å². The van der Waals surface area contributed by atoms with E-state index in [1.54, 1.807) is 0 Å². The summed E-state index contributed by atoms with van der Waals surface area (Å²) in [7, 11) is 0. The minimum atomic E-state index is 0.126. The van der Waals surface area contributed by atoms with Gasteiger partial charge in [-0.1, -0.05) is 46.3 Å². The fourth-order valence-corrected chi connectivity index (χ4v) is 1.16. The molecule has 2 N–H and O–H groups in total. The van der Waals surface area contributed by atoms with Crippen molar-refractivity contribution >= 4 is 15.9 Å². The van der Waals surface area contributed by atoms with Crippen molar-refractivity contribution in [2.75, 3.05) is 5.33 Å². The molecule has 1 aromatic carbocycles. The summed E-state index contributed by atoms with van der Waals surface area (Å²) in [5.41, 5.74) is 6.93. The van der Waals surface area contributed by atoms with Crippen LogP contribution in [-0.4, -0.2) is 5.33 Å². The summed E-state index contributed by atoms with van der Waals surface area (Å²) in [6, 6.07) is 10.2. The minimum Gasteiger partial charge on any atom is -0.323 e. The Balaban J connectivity index is 2.75. The molecule has 0 radical (unpaired) electrons. The smallest absolute Gasteiger partial charge is 0.0393 e. The Morgan fingerprint density at radius 3 is 2.40 bits per heavy atom. The molecular weight excluding hydrogens is 190 g/mol. The monoisotopic (exact) mass is 199 g/mol. The fourth-order valence-electron chi connectivity index (χ4n) is 0.789. The van der Waals surface area contributed by atoms with Crippen LogP contribution in [-0.2, 0) is 0 Å². The zero-order valence-electron chi connectivity index (χ0n) is 5.63. The predicted molar refractivity (Wildman–Crippen MR) is 47.2 cm³/mol. The zero-order chi connectivity index (χ0) is 7.40. The normalized spacial score (nSPS) is 13.0. The number of halogens is 1. The van der Waals surface area contributed by atoms with Crippen molar-refractivity contribution in [1.29, 1.82) is 0 Å². The molecule has 0 aromatic heterocycles. The van der Waals surface area contributed by atoms with Gasteiger partial charge < -0.3 is 5.73 Å². The summed E-state index contributed by atoms with van der Waals surface area (Å²) in [5.74, 6) is 0. The molecule has 10 heavy (non-hydrogen) atoms. The molecule has 0 saturated carbocycles. The van der Waals surface area contributed by atoms with Gasteiger partial charge in [0.2, 0.25) is 0 Å². The number of alkyl halides is 1. The van der Waals surface area contributed by atoms with Gasteiger partial charge in [0.25, 0.3) is 0 Å². The molecule has 0 bridgehead atoms.